The zero-order valence-electron chi connectivity index (χ0n) is 12.5. The van der Waals surface area contributed by atoms with Crippen LogP contribution in [0, 0.1) is 0 Å². The van der Waals surface area contributed by atoms with Gasteiger partial charge in [0.05, 0.1) is 11.8 Å². The molecule has 0 spiro atoms. The third-order valence-corrected chi connectivity index (χ3v) is 5.26. The number of thioether (sulfide) groups is 1. The topological polar surface area (TPSA) is 51.0 Å². The standard InChI is InChI=1S/C16H21N3OS/c1-3-11(2)21-10-15-18-16(20-19-15)14-8-12-6-4-5-7-13(12)9-17-14/h4-7,11,14,17H,3,8-10H2,1-2H3/t11?,14-/m0/s1. The Balaban J connectivity index is 1.65. The number of nitrogens with one attached hydrogen (secondary N) is 1. The molecule has 1 aliphatic heterocycles. The van der Waals surface area contributed by atoms with Gasteiger partial charge in [0.2, 0.25) is 5.89 Å². The first-order valence-corrected chi connectivity index (χ1v) is 8.55. The first-order chi connectivity index (χ1) is 10.3. The quantitative estimate of drug-likeness (QED) is 0.916. The highest BCUT2D eigenvalue weighted by Gasteiger charge is 2.24. The minimum atomic E-state index is 0.134. The number of fused-ring (bicyclic) bond motifs is 1. The van der Waals surface area contributed by atoms with Gasteiger partial charge in [-0.25, -0.2) is 0 Å². The van der Waals surface area contributed by atoms with Crippen LogP contribution in [0.2, 0.25) is 0 Å². The average Bonchev–Trinajstić information content (AvgIpc) is 3.01. The number of aromatic nitrogens is 2. The molecule has 2 atom stereocenters. The van der Waals surface area contributed by atoms with Gasteiger partial charge >= 0.3 is 0 Å². The van der Waals surface area contributed by atoms with E-state index in [2.05, 4.69) is 53.6 Å². The predicted molar refractivity (Wildman–Crippen MR) is 85.1 cm³/mol. The van der Waals surface area contributed by atoms with E-state index in [1.54, 1.807) is 0 Å². The first kappa shape index (κ1) is 14.6. The smallest absolute Gasteiger partial charge is 0.244 e. The lowest BCUT2D eigenvalue weighted by molar-refractivity contribution is 0.319. The monoisotopic (exact) mass is 303 g/mol. The van der Waals surface area contributed by atoms with Crippen LogP contribution >= 0.6 is 11.8 Å². The summed E-state index contributed by atoms with van der Waals surface area (Å²) in [5.41, 5.74) is 2.73. The molecule has 4 nitrogen and oxygen atoms in total. The zero-order valence-corrected chi connectivity index (χ0v) is 13.3. The molecule has 1 aliphatic rings. The second-order valence-electron chi connectivity index (χ2n) is 5.49. The Labute approximate surface area is 129 Å². The van der Waals surface area contributed by atoms with E-state index < -0.39 is 0 Å². The van der Waals surface area contributed by atoms with Crippen molar-refractivity contribution in [1.29, 1.82) is 0 Å². The summed E-state index contributed by atoms with van der Waals surface area (Å²) >= 11 is 1.87. The van der Waals surface area contributed by atoms with E-state index in [0.717, 1.165) is 31.0 Å². The normalized spacial score (nSPS) is 19.2. The van der Waals surface area contributed by atoms with Crippen LogP contribution in [0.5, 0.6) is 0 Å². The van der Waals surface area contributed by atoms with Gasteiger partial charge in [-0.1, -0.05) is 43.3 Å². The van der Waals surface area contributed by atoms with E-state index in [-0.39, 0.29) is 6.04 Å². The summed E-state index contributed by atoms with van der Waals surface area (Å²) in [5, 5.41) is 8.22. The van der Waals surface area contributed by atoms with E-state index in [1.165, 1.54) is 11.1 Å². The summed E-state index contributed by atoms with van der Waals surface area (Å²) in [4.78, 5) is 4.55. The van der Waals surface area contributed by atoms with Gasteiger partial charge in [0.1, 0.15) is 0 Å². The Bertz CT molecular complexity index is 599. The molecule has 2 heterocycles. The Hall–Kier alpha value is -1.33. The van der Waals surface area contributed by atoms with Crippen LogP contribution in [-0.2, 0) is 18.7 Å². The molecule has 0 fully saturated rings. The number of benzene rings is 1. The highest BCUT2D eigenvalue weighted by molar-refractivity contribution is 7.99. The molecule has 0 radical (unpaired) electrons. The molecule has 1 unspecified atom stereocenters. The molecular formula is C16H21N3OS. The fourth-order valence-corrected chi connectivity index (χ4v) is 3.22. The SMILES string of the molecule is CCC(C)SCc1noc([C@@H]2Cc3ccccc3CN2)n1. The zero-order chi connectivity index (χ0) is 14.7. The van der Waals surface area contributed by atoms with Gasteiger partial charge in [-0.15, -0.1) is 0 Å². The first-order valence-electron chi connectivity index (χ1n) is 7.50. The largest absolute Gasteiger partial charge is 0.338 e. The van der Waals surface area contributed by atoms with Crippen molar-refractivity contribution in [3.8, 4) is 0 Å². The van der Waals surface area contributed by atoms with Gasteiger partial charge in [-0.3, -0.25) is 0 Å². The molecule has 0 saturated carbocycles. The van der Waals surface area contributed by atoms with Crippen LogP contribution < -0.4 is 5.32 Å². The molecule has 1 aromatic carbocycles. The van der Waals surface area contributed by atoms with Crippen molar-refractivity contribution in [3.05, 3.63) is 47.1 Å². The lowest BCUT2D eigenvalue weighted by Gasteiger charge is -2.23. The fraction of sp³-hybridized carbons (Fsp3) is 0.500. The predicted octanol–water partition coefficient (Wildman–Crippen LogP) is 3.49. The van der Waals surface area contributed by atoms with Crippen molar-refractivity contribution in [2.45, 2.75) is 50.3 Å². The van der Waals surface area contributed by atoms with Crippen LogP contribution in [0.3, 0.4) is 0 Å². The van der Waals surface area contributed by atoms with E-state index in [0.29, 0.717) is 11.1 Å². The minimum absolute atomic E-state index is 0.134. The van der Waals surface area contributed by atoms with Gasteiger partial charge in [-0.05, 0) is 24.0 Å². The lowest BCUT2D eigenvalue weighted by Crippen LogP contribution is -2.28. The van der Waals surface area contributed by atoms with Crippen LogP contribution in [0.4, 0.5) is 0 Å². The van der Waals surface area contributed by atoms with Crippen LogP contribution in [0.25, 0.3) is 0 Å². The van der Waals surface area contributed by atoms with Crippen molar-refractivity contribution in [2.24, 2.45) is 0 Å². The van der Waals surface area contributed by atoms with Gasteiger partial charge < -0.3 is 9.84 Å². The molecule has 0 bridgehead atoms. The summed E-state index contributed by atoms with van der Waals surface area (Å²) in [6.45, 7) is 5.29. The van der Waals surface area contributed by atoms with Crippen molar-refractivity contribution in [1.82, 2.24) is 15.5 Å². The summed E-state index contributed by atoms with van der Waals surface area (Å²) in [7, 11) is 0. The molecule has 1 aromatic heterocycles. The minimum Gasteiger partial charge on any atom is -0.338 e. The number of nitrogens with zero attached hydrogens (tertiary/aromatic N) is 2. The molecule has 21 heavy (non-hydrogen) atoms. The van der Waals surface area contributed by atoms with Gasteiger partial charge in [0.15, 0.2) is 5.82 Å². The van der Waals surface area contributed by atoms with Crippen LogP contribution in [0.1, 0.15) is 49.2 Å². The molecular weight excluding hydrogens is 282 g/mol. The third-order valence-electron chi connectivity index (χ3n) is 3.94. The Morgan fingerprint density at radius 1 is 1.38 bits per heavy atom. The van der Waals surface area contributed by atoms with Crippen molar-refractivity contribution in [3.63, 3.8) is 0 Å². The van der Waals surface area contributed by atoms with Gasteiger partial charge in [0.25, 0.3) is 0 Å². The highest BCUT2D eigenvalue weighted by atomic mass is 32.2. The summed E-state index contributed by atoms with van der Waals surface area (Å²) in [5.74, 6) is 2.34. The molecule has 0 amide bonds. The molecule has 1 N–H and O–H groups in total. The van der Waals surface area contributed by atoms with E-state index >= 15 is 0 Å². The number of rotatable bonds is 5. The third kappa shape index (κ3) is 3.47. The van der Waals surface area contributed by atoms with E-state index in [1.807, 2.05) is 11.8 Å². The molecule has 5 heteroatoms. The Morgan fingerprint density at radius 2 is 2.19 bits per heavy atom. The summed E-state index contributed by atoms with van der Waals surface area (Å²) < 4.78 is 5.45. The second kappa shape index (κ2) is 6.62. The van der Waals surface area contributed by atoms with Crippen LogP contribution in [-0.4, -0.2) is 15.4 Å². The van der Waals surface area contributed by atoms with E-state index in [4.69, 9.17) is 4.52 Å². The van der Waals surface area contributed by atoms with Gasteiger partial charge in [-0.2, -0.15) is 16.7 Å². The molecule has 112 valence electrons. The molecule has 3 rings (SSSR count). The summed E-state index contributed by atoms with van der Waals surface area (Å²) in [6.07, 6.45) is 2.08. The Kier molecular flexibility index (Phi) is 4.60. The Morgan fingerprint density at radius 3 is 3.00 bits per heavy atom. The van der Waals surface area contributed by atoms with Gasteiger partial charge in [0, 0.05) is 11.8 Å². The maximum absolute atomic E-state index is 5.45. The van der Waals surface area contributed by atoms with Crippen molar-refractivity contribution in [2.75, 3.05) is 0 Å². The van der Waals surface area contributed by atoms with Crippen molar-refractivity contribution >= 4 is 11.8 Å². The summed E-state index contributed by atoms with van der Waals surface area (Å²) in [6, 6.07) is 8.65. The maximum atomic E-state index is 5.45. The average molecular weight is 303 g/mol. The molecule has 2 aromatic rings. The van der Waals surface area contributed by atoms with Crippen LogP contribution in [0.15, 0.2) is 28.8 Å². The second-order valence-corrected chi connectivity index (χ2v) is 6.91. The number of hydrogen-bond acceptors (Lipinski definition) is 5. The van der Waals surface area contributed by atoms with Crippen molar-refractivity contribution < 1.29 is 4.52 Å². The lowest BCUT2D eigenvalue weighted by atomic mass is 9.96. The van der Waals surface area contributed by atoms with E-state index in [9.17, 15) is 0 Å². The molecule has 0 saturated heterocycles. The number of hydrogen-bond donors (Lipinski definition) is 1. The molecule has 0 aliphatic carbocycles. The highest BCUT2D eigenvalue weighted by Crippen LogP contribution is 2.25. The maximum Gasteiger partial charge on any atom is 0.244 e. The fourth-order valence-electron chi connectivity index (χ4n) is 2.43.